The van der Waals surface area contributed by atoms with Crippen molar-refractivity contribution in [3.05, 3.63) is 44.3 Å². The van der Waals surface area contributed by atoms with Crippen LogP contribution >= 0.6 is 22.7 Å². The van der Waals surface area contributed by atoms with Gasteiger partial charge >= 0.3 is 0 Å². The van der Waals surface area contributed by atoms with Gasteiger partial charge in [-0.1, -0.05) is 6.07 Å². The van der Waals surface area contributed by atoms with Gasteiger partial charge in [0.05, 0.1) is 17.3 Å². The van der Waals surface area contributed by atoms with E-state index in [9.17, 15) is 9.59 Å². The zero-order valence-electron chi connectivity index (χ0n) is 15.4. The summed E-state index contributed by atoms with van der Waals surface area (Å²) in [6.45, 7) is 4.98. The van der Waals surface area contributed by atoms with Crippen molar-refractivity contribution < 1.29 is 14.3 Å². The van der Waals surface area contributed by atoms with E-state index in [0.717, 1.165) is 28.2 Å². The van der Waals surface area contributed by atoms with Gasteiger partial charge in [-0.25, -0.2) is 0 Å². The number of likely N-dealkylation sites (tertiary alicyclic amines) is 1. The Morgan fingerprint density at radius 1 is 1.26 bits per heavy atom. The number of nitrogens with zero attached hydrogens (tertiary/aromatic N) is 1. The van der Waals surface area contributed by atoms with Gasteiger partial charge in [0.1, 0.15) is 0 Å². The van der Waals surface area contributed by atoms with Crippen LogP contribution in [0.15, 0.2) is 29.0 Å². The SMILES string of the molecule is Cc1ccsc1C(=O)N1CC(C(=O)NCc2cccs2)C2(CCOCC2)C1. The Labute approximate surface area is 167 Å². The van der Waals surface area contributed by atoms with Gasteiger partial charge < -0.3 is 15.0 Å². The third-order valence-electron chi connectivity index (χ3n) is 5.81. The van der Waals surface area contributed by atoms with Crippen LogP contribution in [0.25, 0.3) is 0 Å². The molecular formula is C20H24N2O3S2. The highest BCUT2D eigenvalue weighted by Crippen LogP contribution is 2.45. The van der Waals surface area contributed by atoms with Crippen LogP contribution in [0, 0.1) is 18.3 Å². The summed E-state index contributed by atoms with van der Waals surface area (Å²) in [6.07, 6.45) is 1.66. The Morgan fingerprint density at radius 3 is 2.74 bits per heavy atom. The molecule has 2 aromatic heterocycles. The molecule has 4 rings (SSSR count). The van der Waals surface area contributed by atoms with E-state index in [4.69, 9.17) is 4.74 Å². The van der Waals surface area contributed by atoms with Gasteiger partial charge in [-0.3, -0.25) is 9.59 Å². The van der Waals surface area contributed by atoms with Crippen LogP contribution in [-0.2, 0) is 16.1 Å². The zero-order chi connectivity index (χ0) is 18.9. The average molecular weight is 405 g/mol. The number of thiophene rings is 2. The second-order valence-electron chi connectivity index (χ2n) is 7.44. The number of aryl methyl sites for hydroxylation is 1. The van der Waals surface area contributed by atoms with E-state index < -0.39 is 0 Å². The maximum atomic E-state index is 13.1. The van der Waals surface area contributed by atoms with E-state index in [1.54, 1.807) is 11.3 Å². The number of nitrogens with one attached hydrogen (secondary N) is 1. The van der Waals surface area contributed by atoms with Crippen molar-refractivity contribution in [1.29, 1.82) is 0 Å². The summed E-state index contributed by atoms with van der Waals surface area (Å²) in [7, 11) is 0. The molecule has 2 aliphatic rings. The van der Waals surface area contributed by atoms with Crippen LogP contribution in [0.3, 0.4) is 0 Å². The van der Waals surface area contributed by atoms with Crippen LogP contribution in [0.4, 0.5) is 0 Å². The van der Waals surface area contributed by atoms with E-state index in [2.05, 4.69) is 5.32 Å². The molecule has 2 aliphatic heterocycles. The molecule has 0 saturated carbocycles. The Bertz CT molecular complexity index is 809. The van der Waals surface area contributed by atoms with Gasteiger partial charge in [-0.05, 0) is 48.2 Å². The number of ether oxygens (including phenoxy) is 1. The number of carbonyl (C=O) groups excluding carboxylic acids is 2. The van der Waals surface area contributed by atoms with Crippen LogP contribution in [0.5, 0.6) is 0 Å². The molecule has 2 aromatic rings. The molecule has 1 atom stereocenters. The summed E-state index contributed by atoms with van der Waals surface area (Å²) in [5, 5.41) is 7.07. The van der Waals surface area contributed by atoms with Crippen LogP contribution in [0.2, 0.25) is 0 Å². The smallest absolute Gasteiger partial charge is 0.264 e. The fourth-order valence-electron chi connectivity index (χ4n) is 4.22. The molecule has 27 heavy (non-hydrogen) atoms. The van der Waals surface area contributed by atoms with E-state index >= 15 is 0 Å². The summed E-state index contributed by atoms with van der Waals surface area (Å²) in [6, 6.07) is 5.99. The summed E-state index contributed by atoms with van der Waals surface area (Å²) >= 11 is 3.12. The minimum atomic E-state index is -0.175. The highest BCUT2D eigenvalue weighted by atomic mass is 32.1. The van der Waals surface area contributed by atoms with E-state index in [1.807, 2.05) is 40.8 Å². The van der Waals surface area contributed by atoms with Crippen molar-refractivity contribution in [1.82, 2.24) is 10.2 Å². The van der Waals surface area contributed by atoms with Gasteiger partial charge in [0, 0.05) is 36.6 Å². The quantitative estimate of drug-likeness (QED) is 0.851. The Kier molecular flexibility index (Phi) is 5.34. The Balaban J connectivity index is 1.52. The van der Waals surface area contributed by atoms with Crippen LogP contribution < -0.4 is 5.32 Å². The van der Waals surface area contributed by atoms with Gasteiger partial charge in [0.15, 0.2) is 0 Å². The monoisotopic (exact) mass is 404 g/mol. The molecule has 2 amide bonds. The van der Waals surface area contributed by atoms with E-state index in [1.165, 1.54) is 11.3 Å². The first-order valence-electron chi connectivity index (χ1n) is 9.30. The normalized spacial score (nSPS) is 21.5. The number of hydrogen-bond donors (Lipinski definition) is 1. The molecule has 0 bridgehead atoms. The van der Waals surface area contributed by atoms with Crippen molar-refractivity contribution in [3.63, 3.8) is 0 Å². The minimum Gasteiger partial charge on any atom is -0.381 e. The molecular weight excluding hydrogens is 380 g/mol. The lowest BCUT2D eigenvalue weighted by molar-refractivity contribution is -0.130. The molecule has 7 heteroatoms. The van der Waals surface area contributed by atoms with Crippen molar-refractivity contribution in [2.75, 3.05) is 26.3 Å². The lowest BCUT2D eigenvalue weighted by Gasteiger charge is -2.37. The molecule has 144 valence electrons. The van der Waals surface area contributed by atoms with Gasteiger partial charge in [-0.2, -0.15) is 0 Å². The summed E-state index contributed by atoms with van der Waals surface area (Å²) in [4.78, 5) is 29.9. The molecule has 1 unspecified atom stereocenters. The molecule has 2 fully saturated rings. The van der Waals surface area contributed by atoms with E-state index in [0.29, 0.717) is 32.8 Å². The first-order chi connectivity index (χ1) is 13.1. The topological polar surface area (TPSA) is 58.6 Å². The largest absolute Gasteiger partial charge is 0.381 e. The second-order valence-corrected chi connectivity index (χ2v) is 9.39. The molecule has 0 aromatic carbocycles. The number of carbonyl (C=O) groups is 2. The molecule has 1 spiro atoms. The molecule has 0 radical (unpaired) electrons. The average Bonchev–Trinajstić information content (AvgIpc) is 3.41. The highest BCUT2D eigenvalue weighted by Gasteiger charge is 2.51. The third-order valence-corrected chi connectivity index (χ3v) is 7.69. The lowest BCUT2D eigenvalue weighted by Crippen LogP contribution is -2.44. The number of rotatable bonds is 4. The van der Waals surface area contributed by atoms with Crippen molar-refractivity contribution in [2.24, 2.45) is 11.3 Å². The van der Waals surface area contributed by atoms with Crippen molar-refractivity contribution in [2.45, 2.75) is 26.3 Å². The first-order valence-corrected chi connectivity index (χ1v) is 11.1. The molecule has 4 heterocycles. The number of amides is 2. The Hall–Kier alpha value is -1.70. The maximum absolute atomic E-state index is 13.1. The second kappa shape index (κ2) is 7.73. The molecule has 0 aliphatic carbocycles. The number of hydrogen-bond acceptors (Lipinski definition) is 5. The fourth-order valence-corrected chi connectivity index (χ4v) is 5.75. The lowest BCUT2D eigenvalue weighted by atomic mass is 9.72. The van der Waals surface area contributed by atoms with Crippen molar-refractivity contribution in [3.8, 4) is 0 Å². The van der Waals surface area contributed by atoms with E-state index in [-0.39, 0.29) is 23.1 Å². The van der Waals surface area contributed by atoms with Gasteiger partial charge in [0.25, 0.3) is 5.91 Å². The van der Waals surface area contributed by atoms with Crippen molar-refractivity contribution >= 4 is 34.5 Å². The Morgan fingerprint density at radius 2 is 2.07 bits per heavy atom. The predicted octanol–water partition coefficient (Wildman–Crippen LogP) is 3.30. The molecule has 1 N–H and O–H groups in total. The first kappa shape index (κ1) is 18.7. The fraction of sp³-hybridized carbons (Fsp3) is 0.500. The predicted molar refractivity (Wildman–Crippen MR) is 107 cm³/mol. The molecule has 2 saturated heterocycles. The summed E-state index contributed by atoms with van der Waals surface area (Å²) < 4.78 is 5.56. The maximum Gasteiger partial charge on any atom is 0.264 e. The van der Waals surface area contributed by atoms with Crippen LogP contribution in [-0.4, -0.2) is 43.0 Å². The summed E-state index contributed by atoms with van der Waals surface area (Å²) in [5.41, 5.74) is 0.843. The highest BCUT2D eigenvalue weighted by molar-refractivity contribution is 7.12. The zero-order valence-corrected chi connectivity index (χ0v) is 17.0. The summed E-state index contributed by atoms with van der Waals surface area (Å²) in [5.74, 6) is -0.0593. The third kappa shape index (κ3) is 3.68. The van der Waals surface area contributed by atoms with Crippen LogP contribution in [0.1, 0.15) is 33.0 Å². The van der Waals surface area contributed by atoms with Gasteiger partial charge in [0.2, 0.25) is 5.91 Å². The molecule has 5 nitrogen and oxygen atoms in total. The van der Waals surface area contributed by atoms with Gasteiger partial charge in [-0.15, -0.1) is 22.7 Å². The minimum absolute atomic E-state index is 0.0573. The standard InChI is InChI=1S/C20H24N2O3S2/c1-14-4-10-27-17(14)19(24)22-12-16(20(13-22)5-7-25-8-6-20)18(23)21-11-15-3-2-9-26-15/h2-4,9-10,16H,5-8,11-13H2,1H3,(H,21,23).